The summed E-state index contributed by atoms with van der Waals surface area (Å²) in [5.74, 6) is -0.0260. The van der Waals surface area contributed by atoms with E-state index >= 15 is 0 Å². The first kappa shape index (κ1) is 11.9. The normalized spacial score (nSPS) is 18.8. The summed E-state index contributed by atoms with van der Waals surface area (Å²) in [6, 6.07) is 7.47. The van der Waals surface area contributed by atoms with Crippen LogP contribution in [0.15, 0.2) is 36.7 Å². The first-order valence-electron chi connectivity index (χ1n) is 6.30. The number of carbonyl (C=O) groups excluding carboxylic acids is 1. The van der Waals surface area contributed by atoms with Crippen LogP contribution in [-0.2, 0) is 0 Å². The summed E-state index contributed by atoms with van der Waals surface area (Å²) in [4.78, 5) is 14.0. The van der Waals surface area contributed by atoms with Gasteiger partial charge in [-0.1, -0.05) is 12.1 Å². The number of rotatable bonds is 2. The molecule has 1 fully saturated rings. The molecule has 1 aliphatic heterocycles. The van der Waals surface area contributed by atoms with Crippen LogP contribution < -0.4 is 0 Å². The summed E-state index contributed by atoms with van der Waals surface area (Å²) in [6.07, 6.45) is 3.79. The van der Waals surface area contributed by atoms with Crippen molar-refractivity contribution >= 4 is 5.91 Å². The second-order valence-corrected chi connectivity index (χ2v) is 4.76. The van der Waals surface area contributed by atoms with E-state index in [1.807, 2.05) is 18.2 Å². The molecular formula is C14H15N3O2. The minimum absolute atomic E-state index is 0.0260. The van der Waals surface area contributed by atoms with Gasteiger partial charge in [0.2, 0.25) is 0 Å². The second kappa shape index (κ2) is 4.85. The zero-order chi connectivity index (χ0) is 13.2. The molecule has 5 nitrogen and oxygen atoms in total. The maximum atomic E-state index is 12.3. The number of carbonyl (C=O) groups is 1. The maximum Gasteiger partial charge on any atom is 0.253 e. The van der Waals surface area contributed by atoms with E-state index in [1.165, 1.54) is 0 Å². The third kappa shape index (κ3) is 2.37. The molecule has 1 aromatic heterocycles. The third-order valence-corrected chi connectivity index (χ3v) is 3.39. The first-order valence-corrected chi connectivity index (χ1v) is 6.30. The van der Waals surface area contributed by atoms with Crippen molar-refractivity contribution in [1.29, 1.82) is 0 Å². The third-order valence-electron chi connectivity index (χ3n) is 3.39. The van der Waals surface area contributed by atoms with Gasteiger partial charge in [-0.15, -0.1) is 0 Å². The molecule has 3 rings (SSSR count). The van der Waals surface area contributed by atoms with Crippen molar-refractivity contribution in [3.05, 3.63) is 42.2 Å². The van der Waals surface area contributed by atoms with Crippen molar-refractivity contribution in [3.63, 3.8) is 0 Å². The van der Waals surface area contributed by atoms with Crippen molar-refractivity contribution in [2.24, 2.45) is 0 Å². The number of amides is 1. The number of nitrogens with one attached hydrogen (secondary N) is 1. The number of benzene rings is 1. The van der Waals surface area contributed by atoms with E-state index in [0.29, 0.717) is 25.1 Å². The fourth-order valence-corrected chi connectivity index (χ4v) is 2.35. The van der Waals surface area contributed by atoms with E-state index in [-0.39, 0.29) is 12.0 Å². The van der Waals surface area contributed by atoms with E-state index in [1.54, 1.807) is 23.4 Å². The number of likely N-dealkylation sites (tertiary alicyclic amines) is 1. The predicted octanol–water partition coefficient (Wildman–Crippen LogP) is 1.28. The smallest absolute Gasteiger partial charge is 0.253 e. The summed E-state index contributed by atoms with van der Waals surface area (Å²) in [7, 11) is 0. The Bertz CT molecular complexity index is 580. The van der Waals surface area contributed by atoms with Crippen LogP contribution in [0, 0.1) is 0 Å². The van der Waals surface area contributed by atoms with Crippen LogP contribution in [0.25, 0.3) is 11.1 Å². The number of hydrogen-bond donors (Lipinski definition) is 2. The Balaban J connectivity index is 1.85. The molecule has 1 aliphatic rings. The Hall–Kier alpha value is -2.14. The Kier molecular flexibility index (Phi) is 3.05. The molecule has 1 atom stereocenters. The lowest BCUT2D eigenvalue weighted by Gasteiger charge is -2.15. The zero-order valence-corrected chi connectivity index (χ0v) is 10.4. The van der Waals surface area contributed by atoms with E-state index in [9.17, 15) is 9.90 Å². The largest absolute Gasteiger partial charge is 0.391 e. The van der Waals surface area contributed by atoms with Crippen LogP contribution in [0.3, 0.4) is 0 Å². The number of aromatic nitrogens is 2. The molecule has 2 N–H and O–H groups in total. The minimum atomic E-state index is -0.388. The molecule has 2 heterocycles. The quantitative estimate of drug-likeness (QED) is 0.851. The lowest BCUT2D eigenvalue weighted by atomic mass is 10.1. The highest BCUT2D eigenvalue weighted by Gasteiger charge is 2.25. The van der Waals surface area contributed by atoms with Gasteiger partial charge in [0.1, 0.15) is 0 Å². The topological polar surface area (TPSA) is 69.2 Å². The number of β-amino-alcohol motifs (C(OH)–C–C–N with tert-alkyl or cyclic N) is 1. The molecule has 0 aliphatic carbocycles. The summed E-state index contributed by atoms with van der Waals surface area (Å²) in [6.45, 7) is 1.05. The van der Waals surface area contributed by atoms with Crippen LogP contribution in [0.2, 0.25) is 0 Å². The lowest BCUT2D eigenvalue weighted by molar-refractivity contribution is 0.0765. The minimum Gasteiger partial charge on any atom is -0.391 e. The summed E-state index contributed by atoms with van der Waals surface area (Å²) < 4.78 is 0. The predicted molar refractivity (Wildman–Crippen MR) is 70.6 cm³/mol. The highest BCUT2D eigenvalue weighted by molar-refractivity contribution is 5.95. The van der Waals surface area contributed by atoms with E-state index in [0.717, 1.165) is 11.1 Å². The zero-order valence-electron chi connectivity index (χ0n) is 10.4. The standard InChI is InChI=1S/C14H15N3O2/c18-13-4-5-17(9-13)14(19)11-3-1-2-10(6-11)12-7-15-16-8-12/h1-3,6-8,13,18H,4-5,9H2,(H,15,16)/t13-/m0/s1. The monoisotopic (exact) mass is 257 g/mol. The molecule has 0 bridgehead atoms. The SMILES string of the molecule is O=C(c1cccc(-c2cn[nH]c2)c1)N1CC[C@H](O)C1. The Morgan fingerprint density at radius 3 is 3.00 bits per heavy atom. The van der Waals surface area contributed by atoms with Crippen LogP contribution in [0.5, 0.6) is 0 Å². The van der Waals surface area contributed by atoms with Gasteiger partial charge in [-0.3, -0.25) is 9.89 Å². The van der Waals surface area contributed by atoms with Crippen LogP contribution in [-0.4, -0.2) is 45.3 Å². The van der Waals surface area contributed by atoms with Gasteiger partial charge in [0.05, 0.1) is 12.3 Å². The highest BCUT2D eigenvalue weighted by Crippen LogP contribution is 2.21. The van der Waals surface area contributed by atoms with Crippen molar-refractivity contribution in [3.8, 4) is 11.1 Å². The van der Waals surface area contributed by atoms with Gasteiger partial charge in [-0.2, -0.15) is 5.10 Å². The van der Waals surface area contributed by atoms with Crippen LogP contribution in [0.4, 0.5) is 0 Å². The maximum absolute atomic E-state index is 12.3. The van der Waals surface area contributed by atoms with Gasteiger partial charge in [-0.05, 0) is 24.1 Å². The molecule has 0 saturated carbocycles. The Morgan fingerprint density at radius 2 is 2.32 bits per heavy atom. The number of H-pyrrole nitrogens is 1. The van der Waals surface area contributed by atoms with Gasteiger partial charge < -0.3 is 10.0 Å². The average Bonchev–Trinajstić information content (AvgIpc) is 3.09. The fourth-order valence-electron chi connectivity index (χ4n) is 2.35. The molecule has 1 amide bonds. The summed E-state index contributed by atoms with van der Waals surface area (Å²) in [5, 5.41) is 16.2. The van der Waals surface area contributed by atoms with Gasteiger partial charge in [0, 0.05) is 30.4 Å². The van der Waals surface area contributed by atoms with E-state index < -0.39 is 0 Å². The van der Waals surface area contributed by atoms with Crippen molar-refractivity contribution < 1.29 is 9.90 Å². The molecule has 2 aromatic rings. The van der Waals surface area contributed by atoms with Gasteiger partial charge in [-0.25, -0.2) is 0 Å². The Morgan fingerprint density at radius 1 is 1.42 bits per heavy atom. The van der Waals surface area contributed by atoms with Gasteiger partial charge in [0.15, 0.2) is 0 Å². The van der Waals surface area contributed by atoms with Crippen molar-refractivity contribution in [1.82, 2.24) is 15.1 Å². The second-order valence-electron chi connectivity index (χ2n) is 4.76. The summed E-state index contributed by atoms with van der Waals surface area (Å²) in [5.41, 5.74) is 2.56. The van der Waals surface area contributed by atoms with Gasteiger partial charge in [0.25, 0.3) is 5.91 Å². The number of aromatic amines is 1. The number of aliphatic hydroxyl groups is 1. The van der Waals surface area contributed by atoms with Gasteiger partial charge >= 0.3 is 0 Å². The number of nitrogens with zero attached hydrogens (tertiary/aromatic N) is 2. The van der Waals surface area contributed by atoms with Crippen LogP contribution >= 0.6 is 0 Å². The Labute approximate surface area is 110 Å². The molecular weight excluding hydrogens is 242 g/mol. The molecule has 0 unspecified atom stereocenters. The molecule has 19 heavy (non-hydrogen) atoms. The number of hydrogen-bond acceptors (Lipinski definition) is 3. The van der Waals surface area contributed by atoms with Crippen LogP contribution in [0.1, 0.15) is 16.8 Å². The lowest BCUT2D eigenvalue weighted by Crippen LogP contribution is -2.29. The van der Waals surface area contributed by atoms with Crippen molar-refractivity contribution in [2.45, 2.75) is 12.5 Å². The van der Waals surface area contributed by atoms with E-state index in [4.69, 9.17) is 0 Å². The van der Waals surface area contributed by atoms with Crippen molar-refractivity contribution in [2.75, 3.05) is 13.1 Å². The molecule has 98 valence electrons. The fraction of sp³-hybridized carbons (Fsp3) is 0.286. The molecule has 1 saturated heterocycles. The first-order chi connectivity index (χ1) is 9.24. The molecule has 1 aromatic carbocycles. The average molecular weight is 257 g/mol. The van der Waals surface area contributed by atoms with E-state index in [2.05, 4.69) is 10.2 Å². The summed E-state index contributed by atoms with van der Waals surface area (Å²) >= 11 is 0. The highest BCUT2D eigenvalue weighted by atomic mass is 16.3. The molecule has 0 radical (unpaired) electrons. The number of aliphatic hydroxyl groups excluding tert-OH is 1. The molecule has 0 spiro atoms. The molecule has 5 heteroatoms.